The molecule has 5 heteroatoms. The highest BCUT2D eigenvalue weighted by molar-refractivity contribution is 14.0. The van der Waals surface area contributed by atoms with Crippen LogP contribution in [-0.2, 0) is 4.74 Å². The monoisotopic (exact) mass is 435 g/mol. The van der Waals surface area contributed by atoms with E-state index in [9.17, 15) is 0 Å². The molecule has 2 atom stereocenters. The Labute approximate surface area is 158 Å². The average molecular weight is 435 g/mol. The van der Waals surface area contributed by atoms with Crippen molar-refractivity contribution in [3.05, 3.63) is 0 Å². The number of nitrogens with one attached hydrogen (secondary N) is 1. The normalized spacial score (nSPS) is 27.5. The molecule has 134 valence electrons. The second kappa shape index (κ2) is 10.1. The van der Waals surface area contributed by atoms with Gasteiger partial charge in [0.15, 0.2) is 5.96 Å². The third kappa shape index (κ3) is 6.07. The van der Waals surface area contributed by atoms with Gasteiger partial charge in [0, 0.05) is 39.4 Å². The van der Waals surface area contributed by atoms with Crippen molar-refractivity contribution in [3.63, 3.8) is 0 Å². The highest BCUT2D eigenvalue weighted by Gasteiger charge is 2.35. The van der Waals surface area contributed by atoms with Crippen LogP contribution in [0.5, 0.6) is 0 Å². The van der Waals surface area contributed by atoms with Crippen molar-refractivity contribution >= 4 is 29.9 Å². The lowest BCUT2D eigenvalue weighted by Gasteiger charge is -2.22. The van der Waals surface area contributed by atoms with Crippen LogP contribution in [-0.4, -0.2) is 50.3 Å². The van der Waals surface area contributed by atoms with E-state index >= 15 is 0 Å². The topological polar surface area (TPSA) is 36.9 Å². The van der Waals surface area contributed by atoms with Crippen LogP contribution in [0.25, 0.3) is 0 Å². The molecule has 1 aliphatic heterocycles. The molecule has 0 aromatic rings. The van der Waals surface area contributed by atoms with Gasteiger partial charge in [-0.25, -0.2) is 0 Å². The van der Waals surface area contributed by atoms with Gasteiger partial charge < -0.3 is 15.0 Å². The molecule has 0 amide bonds. The maximum Gasteiger partial charge on any atom is 0.193 e. The van der Waals surface area contributed by atoms with Crippen LogP contribution >= 0.6 is 24.0 Å². The van der Waals surface area contributed by atoms with E-state index in [-0.39, 0.29) is 24.0 Å². The van der Waals surface area contributed by atoms with Gasteiger partial charge in [0.2, 0.25) is 0 Å². The molecule has 1 heterocycles. The Balaban J connectivity index is 0.00000192. The number of halogens is 1. The minimum absolute atomic E-state index is 0. The smallest absolute Gasteiger partial charge is 0.193 e. The molecule has 0 bridgehead atoms. The molecule has 3 fully saturated rings. The third-order valence-electron chi connectivity index (χ3n) is 5.37. The second-order valence-electron chi connectivity index (χ2n) is 7.32. The zero-order valence-corrected chi connectivity index (χ0v) is 17.0. The quantitative estimate of drug-likeness (QED) is 0.288. The van der Waals surface area contributed by atoms with Gasteiger partial charge in [-0.3, -0.25) is 4.99 Å². The first-order chi connectivity index (χ1) is 10.9. The minimum atomic E-state index is 0. The maximum atomic E-state index is 5.70. The zero-order valence-electron chi connectivity index (χ0n) is 14.6. The average Bonchev–Trinajstić information content (AvgIpc) is 3.25. The first-order valence-electron chi connectivity index (χ1n) is 9.47. The van der Waals surface area contributed by atoms with Crippen LogP contribution in [0.15, 0.2) is 4.99 Å². The van der Waals surface area contributed by atoms with Gasteiger partial charge in [0.05, 0.1) is 0 Å². The number of aliphatic imine (C=N–C) groups is 1. The largest absolute Gasteiger partial charge is 0.381 e. The Hall–Kier alpha value is -0.0400. The number of ether oxygens (including phenoxy) is 1. The molecule has 23 heavy (non-hydrogen) atoms. The van der Waals surface area contributed by atoms with Crippen LogP contribution in [0.4, 0.5) is 0 Å². The number of guanidine groups is 1. The molecular formula is C18H34IN3O. The molecule has 2 saturated carbocycles. The Bertz CT molecular complexity index is 359. The Kier molecular flexibility index (Phi) is 8.44. The highest BCUT2D eigenvalue weighted by Crippen LogP contribution is 2.35. The summed E-state index contributed by atoms with van der Waals surface area (Å²) in [4.78, 5) is 7.35. The lowest BCUT2D eigenvalue weighted by Crippen LogP contribution is -2.40. The van der Waals surface area contributed by atoms with Crippen molar-refractivity contribution in [2.24, 2.45) is 22.7 Å². The van der Waals surface area contributed by atoms with E-state index in [1.54, 1.807) is 0 Å². The number of hydrogen-bond acceptors (Lipinski definition) is 2. The first-order valence-corrected chi connectivity index (χ1v) is 9.47. The van der Waals surface area contributed by atoms with E-state index in [1.807, 2.05) is 0 Å². The molecule has 0 radical (unpaired) electrons. The van der Waals surface area contributed by atoms with E-state index in [0.717, 1.165) is 56.4 Å². The molecule has 1 saturated heterocycles. The van der Waals surface area contributed by atoms with Crippen LogP contribution in [0.1, 0.15) is 51.9 Å². The minimum Gasteiger partial charge on any atom is -0.381 e. The van der Waals surface area contributed by atoms with Crippen molar-refractivity contribution < 1.29 is 4.74 Å². The van der Waals surface area contributed by atoms with Crippen molar-refractivity contribution in [1.29, 1.82) is 0 Å². The van der Waals surface area contributed by atoms with Gasteiger partial charge in [-0.1, -0.05) is 12.8 Å². The van der Waals surface area contributed by atoms with Gasteiger partial charge in [-0.15, -0.1) is 24.0 Å². The first kappa shape index (κ1) is 19.3. The number of fused-ring (bicyclic) bond motifs is 1. The Morgan fingerprint density at radius 3 is 2.43 bits per heavy atom. The molecular weight excluding hydrogens is 401 g/mol. The molecule has 0 spiro atoms. The molecule has 2 unspecified atom stereocenters. The van der Waals surface area contributed by atoms with E-state index in [4.69, 9.17) is 9.73 Å². The third-order valence-corrected chi connectivity index (χ3v) is 5.37. The van der Waals surface area contributed by atoms with Crippen molar-refractivity contribution in [2.75, 3.05) is 39.4 Å². The Morgan fingerprint density at radius 2 is 1.83 bits per heavy atom. The SMILES string of the molecule is CCNC(=NCCCOCC1CC1)N1CC2CCCCC2C1.I. The fourth-order valence-corrected chi connectivity index (χ4v) is 3.89. The summed E-state index contributed by atoms with van der Waals surface area (Å²) in [5.41, 5.74) is 0. The van der Waals surface area contributed by atoms with Crippen molar-refractivity contribution in [1.82, 2.24) is 10.2 Å². The summed E-state index contributed by atoms with van der Waals surface area (Å²) in [6, 6.07) is 0. The summed E-state index contributed by atoms with van der Waals surface area (Å²) >= 11 is 0. The second-order valence-corrected chi connectivity index (χ2v) is 7.32. The summed E-state index contributed by atoms with van der Waals surface area (Å²) in [5, 5.41) is 3.49. The maximum absolute atomic E-state index is 5.70. The molecule has 1 N–H and O–H groups in total. The molecule has 2 aliphatic carbocycles. The van der Waals surface area contributed by atoms with Crippen LogP contribution < -0.4 is 5.32 Å². The highest BCUT2D eigenvalue weighted by atomic mass is 127. The van der Waals surface area contributed by atoms with Crippen molar-refractivity contribution in [3.8, 4) is 0 Å². The molecule has 3 rings (SSSR count). The Morgan fingerprint density at radius 1 is 1.13 bits per heavy atom. The number of rotatable bonds is 7. The predicted molar refractivity (Wildman–Crippen MR) is 107 cm³/mol. The summed E-state index contributed by atoms with van der Waals surface area (Å²) in [7, 11) is 0. The van der Waals surface area contributed by atoms with Gasteiger partial charge in [-0.2, -0.15) is 0 Å². The number of hydrogen-bond donors (Lipinski definition) is 1. The van der Waals surface area contributed by atoms with Gasteiger partial charge in [-0.05, 0) is 56.8 Å². The van der Waals surface area contributed by atoms with E-state index in [2.05, 4.69) is 17.1 Å². The van der Waals surface area contributed by atoms with Gasteiger partial charge in [0.25, 0.3) is 0 Å². The predicted octanol–water partition coefficient (Wildman–Crippen LogP) is 3.51. The van der Waals surface area contributed by atoms with E-state index < -0.39 is 0 Å². The fraction of sp³-hybridized carbons (Fsp3) is 0.944. The fourth-order valence-electron chi connectivity index (χ4n) is 3.89. The lowest BCUT2D eigenvalue weighted by molar-refractivity contribution is 0.123. The van der Waals surface area contributed by atoms with Crippen LogP contribution in [0, 0.1) is 17.8 Å². The molecule has 3 aliphatic rings. The summed E-state index contributed by atoms with van der Waals surface area (Å²) in [6.45, 7) is 8.28. The van der Waals surface area contributed by atoms with Gasteiger partial charge in [0.1, 0.15) is 0 Å². The summed E-state index contributed by atoms with van der Waals surface area (Å²) < 4.78 is 5.70. The van der Waals surface area contributed by atoms with E-state index in [0.29, 0.717) is 0 Å². The van der Waals surface area contributed by atoms with Crippen LogP contribution in [0.2, 0.25) is 0 Å². The molecule has 0 aromatic carbocycles. The van der Waals surface area contributed by atoms with Crippen LogP contribution in [0.3, 0.4) is 0 Å². The van der Waals surface area contributed by atoms with Gasteiger partial charge >= 0.3 is 0 Å². The lowest BCUT2D eigenvalue weighted by atomic mass is 9.82. The number of likely N-dealkylation sites (tertiary alicyclic amines) is 1. The zero-order chi connectivity index (χ0) is 15.2. The summed E-state index contributed by atoms with van der Waals surface area (Å²) in [5.74, 6) is 3.84. The molecule has 4 nitrogen and oxygen atoms in total. The standard InChI is InChI=1S/C18H33N3O.HI/c1-2-19-18(20-10-5-11-22-14-15-8-9-15)21-12-16-6-3-4-7-17(16)13-21;/h15-17H,2-14H2,1H3,(H,19,20);1H. The number of nitrogens with zero attached hydrogens (tertiary/aromatic N) is 2. The summed E-state index contributed by atoms with van der Waals surface area (Å²) in [6.07, 6.45) is 9.51. The van der Waals surface area contributed by atoms with Crippen molar-refractivity contribution in [2.45, 2.75) is 51.9 Å². The molecule has 0 aromatic heterocycles. The van der Waals surface area contributed by atoms with E-state index in [1.165, 1.54) is 51.6 Å².